The number of hydrogen-bond donors (Lipinski definition) is 0. The quantitative estimate of drug-likeness (QED) is 0.517. The van der Waals surface area contributed by atoms with Gasteiger partial charge in [0, 0.05) is 0 Å². The van der Waals surface area contributed by atoms with E-state index < -0.39 is 0 Å². The van der Waals surface area contributed by atoms with Gasteiger partial charge in [0.2, 0.25) is 0 Å². The second-order valence-corrected chi connectivity index (χ2v) is 10.0. The van der Waals surface area contributed by atoms with Crippen LogP contribution in [0.15, 0.2) is 18.2 Å². The van der Waals surface area contributed by atoms with Crippen LogP contribution in [0.1, 0.15) is 82.9 Å². The van der Waals surface area contributed by atoms with Crippen LogP contribution in [0.2, 0.25) is 0 Å². The maximum absolute atomic E-state index is 2.67. The third kappa shape index (κ3) is 2.02. The van der Waals surface area contributed by atoms with Gasteiger partial charge in [0.05, 0.1) is 0 Å². The summed E-state index contributed by atoms with van der Waals surface area (Å²) in [5, 5.41) is 0. The van der Waals surface area contributed by atoms with E-state index in [2.05, 4.69) is 52.8 Å². The van der Waals surface area contributed by atoms with Crippen LogP contribution in [0.5, 0.6) is 0 Å². The van der Waals surface area contributed by atoms with Crippen LogP contribution >= 0.6 is 0 Å². The molecule has 0 bridgehead atoms. The lowest BCUT2D eigenvalue weighted by Gasteiger charge is -2.64. The van der Waals surface area contributed by atoms with E-state index in [9.17, 15) is 0 Å². The summed E-state index contributed by atoms with van der Waals surface area (Å²) in [6, 6.07) is 7.09. The summed E-state index contributed by atoms with van der Waals surface area (Å²) in [7, 11) is 0. The molecule has 2 saturated carbocycles. The molecule has 0 heterocycles. The Hall–Kier alpha value is -0.780. The van der Waals surface area contributed by atoms with Gasteiger partial charge >= 0.3 is 0 Å². The topological polar surface area (TPSA) is 0 Å². The van der Waals surface area contributed by atoms with Crippen LogP contribution in [-0.4, -0.2) is 0 Å². The van der Waals surface area contributed by atoms with Gasteiger partial charge in [-0.1, -0.05) is 52.3 Å². The van der Waals surface area contributed by atoms with E-state index in [1.165, 1.54) is 50.5 Å². The van der Waals surface area contributed by atoms with Crippen LogP contribution in [0.4, 0.5) is 0 Å². The Kier molecular flexibility index (Phi) is 3.33. The van der Waals surface area contributed by atoms with E-state index in [0.29, 0.717) is 16.2 Å². The van der Waals surface area contributed by atoms with Gasteiger partial charge < -0.3 is 0 Å². The molecule has 4 rings (SSSR count). The molecule has 3 aliphatic rings. The maximum atomic E-state index is 2.67. The highest BCUT2D eigenvalue weighted by atomic mass is 14.6. The van der Waals surface area contributed by atoms with Gasteiger partial charge in [0.1, 0.15) is 0 Å². The van der Waals surface area contributed by atoms with Gasteiger partial charge in [0.25, 0.3) is 0 Å². The van der Waals surface area contributed by atoms with Gasteiger partial charge in [-0.15, -0.1) is 0 Å². The molecule has 1 aromatic carbocycles. The molecule has 1 aromatic rings. The SMILES string of the molecule is Cc1cccc2c1CCC1C2(C)CCC2C(C)(C)CCCC21C. The summed E-state index contributed by atoms with van der Waals surface area (Å²) < 4.78 is 0. The summed E-state index contributed by atoms with van der Waals surface area (Å²) in [6.07, 6.45) is 9.90. The highest BCUT2D eigenvalue weighted by Gasteiger charge is 2.59. The molecule has 0 heteroatoms. The van der Waals surface area contributed by atoms with Gasteiger partial charge in [-0.3, -0.25) is 0 Å². The molecule has 2 fully saturated rings. The van der Waals surface area contributed by atoms with Crippen molar-refractivity contribution in [2.24, 2.45) is 22.7 Å². The lowest BCUT2D eigenvalue weighted by Crippen LogP contribution is -2.57. The van der Waals surface area contributed by atoms with E-state index in [1.807, 2.05) is 0 Å². The van der Waals surface area contributed by atoms with Gasteiger partial charge in [-0.05, 0) is 90.2 Å². The molecule has 0 spiro atoms. The molecule has 0 saturated heterocycles. The number of aryl methyl sites for hydroxylation is 1. The minimum absolute atomic E-state index is 0.415. The molecule has 126 valence electrons. The molecule has 0 N–H and O–H groups in total. The van der Waals surface area contributed by atoms with Crippen molar-refractivity contribution in [3.63, 3.8) is 0 Å². The Balaban J connectivity index is 1.82. The fourth-order valence-electron chi connectivity index (χ4n) is 7.48. The predicted molar refractivity (Wildman–Crippen MR) is 98.8 cm³/mol. The minimum Gasteiger partial charge on any atom is -0.0617 e. The van der Waals surface area contributed by atoms with Crippen molar-refractivity contribution in [1.29, 1.82) is 0 Å². The number of fused-ring (bicyclic) bond motifs is 5. The van der Waals surface area contributed by atoms with Gasteiger partial charge in [-0.25, -0.2) is 0 Å². The van der Waals surface area contributed by atoms with Crippen molar-refractivity contribution < 1.29 is 0 Å². The van der Waals surface area contributed by atoms with Crippen molar-refractivity contribution in [2.75, 3.05) is 0 Å². The molecular weight excluding hydrogens is 276 g/mol. The third-order valence-electron chi connectivity index (χ3n) is 8.50. The zero-order valence-electron chi connectivity index (χ0n) is 15.8. The number of rotatable bonds is 0. The summed E-state index contributed by atoms with van der Waals surface area (Å²) >= 11 is 0. The average molecular weight is 311 g/mol. The minimum atomic E-state index is 0.415. The molecule has 23 heavy (non-hydrogen) atoms. The summed E-state index contributed by atoms with van der Waals surface area (Å²) in [4.78, 5) is 0. The van der Waals surface area contributed by atoms with Crippen molar-refractivity contribution in [3.8, 4) is 0 Å². The summed E-state index contributed by atoms with van der Waals surface area (Å²) in [6.45, 7) is 12.7. The fourth-order valence-corrected chi connectivity index (χ4v) is 7.48. The first-order chi connectivity index (χ1) is 10.8. The van der Waals surface area contributed by atoms with Crippen molar-refractivity contribution in [3.05, 3.63) is 34.9 Å². The smallest absolute Gasteiger partial charge is 0.00387 e. The lowest BCUT2D eigenvalue weighted by atomic mass is 9.40. The lowest BCUT2D eigenvalue weighted by molar-refractivity contribution is -0.110. The third-order valence-corrected chi connectivity index (χ3v) is 8.50. The van der Waals surface area contributed by atoms with E-state index in [4.69, 9.17) is 0 Å². The molecule has 0 amide bonds. The first-order valence-corrected chi connectivity index (χ1v) is 9.88. The largest absolute Gasteiger partial charge is 0.0617 e. The summed E-state index contributed by atoms with van der Waals surface area (Å²) in [5.41, 5.74) is 6.42. The highest BCUT2D eigenvalue weighted by molar-refractivity contribution is 5.43. The van der Waals surface area contributed by atoms with E-state index in [0.717, 1.165) is 11.8 Å². The van der Waals surface area contributed by atoms with Crippen LogP contribution < -0.4 is 0 Å². The Bertz CT molecular complexity index is 625. The first-order valence-electron chi connectivity index (χ1n) is 9.88. The fraction of sp³-hybridized carbons (Fsp3) is 0.739. The maximum Gasteiger partial charge on any atom is -0.00387 e. The van der Waals surface area contributed by atoms with Crippen molar-refractivity contribution >= 4 is 0 Å². The Labute approximate surface area is 143 Å². The van der Waals surface area contributed by atoms with Crippen LogP contribution in [0.3, 0.4) is 0 Å². The molecule has 0 aromatic heterocycles. The zero-order chi connectivity index (χ0) is 16.5. The van der Waals surface area contributed by atoms with E-state index >= 15 is 0 Å². The van der Waals surface area contributed by atoms with Crippen LogP contribution in [-0.2, 0) is 11.8 Å². The van der Waals surface area contributed by atoms with Gasteiger partial charge in [0.15, 0.2) is 0 Å². The van der Waals surface area contributed by atoms with E-state index in [-0.39, 0.29) is 0 Å². The number of benzene rings is 1. The Morgan fingerprint density at radius 3 is 2.48 bits per heavy atom. The highest BCUT2D eigenvalue weighted by Crippen LogP contribution is 2.66. The standard InChI is InChI=1S/C23H34/c1-16-8-6-9-18-17(16)10-11-20-22(18,4)15-12-19-21(2,3)13-7-14-23(19,20)5/h6,8-9,19-20H,7,10-15H2,1-5H3. The molecule has 0 aliphatic heterocycles. The monoisotopic (exact) mass is 310 g/mol. The molecule has 0 nitrogen and oxygen atoms in total. The average Bonchev–Trinajstić information content (AvgIpc) is 2.46. The molecule has 4 atom stereocenters. The molecule has 3 aliphatic carbocycles. The van der Waals surface area contributed by atoms with Crippen LogP contribution in [0.25, 0.3) is 0 Å². The normalized spacial score (nSPS) is 41.6. The molecule has 4 unspecified atom stereocenters. The molecule has 0 radical (unpaired) electrons. The van der Waals surface area contributed by atoms with Crippen molar-refractivity contribution in [2.45, 2.75) is 85.0 Å². The zero-order valence-corrected chi connectivity index (χ0v) is 15.8. The van der Waals surface area contributed by atoms with Crippen LogP contribution in [0, 0.1) is 29.6 Å². The molecular formula is C23H34. The first kappa shape index (κ1) is 15.7. The van der Waals surface area contributed by atoms with E-state index in [1.54, 1.807) is 11.1 Å². The second kappa shape index (κ2) is 4.87. The second-order valence-electron chi connectivity index (χ2n) is 10.0. The number of hydrogen-bond acceptors (Lipinski definition) is 0. The predicted octanol–water partition coefficient (Wildman–Crippen LogP) is 6.44. The summed E-state index contributed by atoms with van der Waals surface area (Å²) in [5.74, 6) is 1.80. The van der Waals surface area contributed by atoms with Crippen molar-refractivity contribution in [1.82, 2.24) is 0 Å². The van der Waals surface area contributed by atoms with Gasteiger partial charge in [-0.2, -0.15) is 0 Å². The Morgan fingerprint density at radius 1 is 0.913 bits per heavy atom. The Morgan fingerprint density at radius 2 is 1.70 bits per heavy atom.